The molecule has 0 fully saturated rings. The summed E-state index contributed by atoms with van der Waals surface area (Å²) < 4.78 is 29.4. The van der Waals surface area contributed by atoms with E-state index in [2.05, 4.69) is 10.3 Å². The second-order valence-electron chi connectivity index (χ2n) is 7.73. The Hall–Kier alpha value is -4.32. The molecule has 2 heterocycles. The number of nitrogens with one attached hydrogen (secondary N) is 1. The Kier molecular flexibility index (Phi) is 5.18. The van der Waals surface area contributed by atoms with Crippen LogP contribution in [0.25, 0.3) is 28.0 Å². The lowest BCUT2D eigenvalue weighted by atomic mass is 9.99. The third-order valence-electron chi connectivity index (χ3n) is 5.58. The number of nitrogens with zero attached hydrogens (tertiary/aromatic N) is 2. The van der Waals surface area contributed by atoms with Crippen molar-refractivity contribution < 1.29 is 13.6 Å². The molecule has 0 atom stereocenters. The first-order valence-corrected chi connectivity index (χ1v) is 10.4. The maximum absolute atomic E-state index is 14.4. The lowest BCUT2D eigenvalue weighted by Crippen LogP contribution is -2.13. The topological polar surface area (TPSA) is 46.4 Å². The van der Waals surface area contributed by atoms with Gasteiger partial charge in [0, 0.05) is 28.6 Å². The molecule has 0 bridgehead atoms. The molecular formula is C27H19F2N3O. The lowest BCUT2D eigenvalue weighted by molar-refractivity contribution is 0.102. The van der Waals surface area contributed by atoms with Gasteiger partial charge in [0.25, 0.3) is 5.91 Å². The molecule has 0 spiro atoms. The minimum atomic E-state index is -0.367. The van der Waals surface area contributed by atoms with Crippen molar-refractivity contribution in [1.29, 1.82) is 0 Å². The first kappa shape index (κ1) is 20.6. The third kappa shape index (κ3) is 3.87. The molecule has 0 aliphatic carbocycles. The van der Waals surface area contributed by atoms with Crippen LogP contribution in [0.2, 0.25) is 0 Å². The first-order valence-electron chi connectivity index (χ1n) is 10.4. The molecule has 33 heavy (non-hydrogen) atoms. The number of fused-ring (bicyclic) bond motifs is 1. The second kappa shape index (κ2) is 8.31. The van der Waals surface area contributed by atoms with Crippen molar-refractivity contribution in [1.82, 2.24) is 9.38 Å². The van der Waals surface area contributed by atoms with Crippen LogP contribution >= 0.6 is 0 Å². The molecule has 1 N–H and O–H groups in total. The van der Waals surface area contributed by atoms with Crippen LogP contribution in [-0.2, 0) is 0 Å². The van der Waals surface area contributed by atoms with Gasteiger partial charge < -0.3 is 5.32 Å². The maximum Gasteiger partial charge on any atom is 0.255 e. The van der Waals surface area contributed by atoms with E-state index in [0.717, 1.165) is 16.7 Å². The molecule has 0 saturated heterocycles. The van der Waals surface area contributed by atoms with Gasteiger partial charge in [-0.05, 0) is 72.6 Å². The van der Waals surface area contributed by atoms with Gasteiger partial charge in [0.1, 0.15) is 17.3 Å². The van der Waals surface area contributed by atoms with Crippen molar-refractivity contribution in [2.24, 2.45) is 0 Å². The molecule has 2 aromatic heterocycles. The van der Waals surface area contributed by atoms with Gasteiger partial charge >= 0.3 is 0 Å². The SMILES string of the molecule is Cc1ccc(-c2cccn3c(-c4ccccc4F)cnc23)cc1C(=O)Nc1ccc(F)cc1. The highest BCUT2D eigenvalue weighted by Gasteiger charge is 2.16. The molecule has 0 aliphatic rings. The normalized spacial score (nSPS) is 11.0. The van der Waals surface area contributed by atoms with Gasteiger partial charge in [-0.25, -0.2) is 13.8 Å². The van der Waals surface area contributed by atoms with Crippen LogP contribution in [0.15, 0.2) is 91.3 Å². The molecule has 1 amide bonds. The van der Waals surface area contributed by atoms with Crippen molar-refractivity contribution in [3.63, 3.8) is 0 Å². The van der Waals surface area contributed by atoms with E-state index in [1.54, 1.807) is 30.5 Å². The monoisotopic (exact) mass is 439 g/mol. The van der Waals surface area contributed by atoms with E-state index in [4.69, 9.17) is 0 Å². The molecule has 162 valence electrons. The standard InChI is InChI=1S/C27H19F2N3O/c1-17-8-9-18(15-23(17)27(33)31-20-12-10-19(28)11-13-20)21-6-4-14-32-25(16-30-26(21)32)22-5-2-3-7-24(22)29/h2-16H,1H3,(H,31,33). The van der Waals surface area contributed by atoms with E-state index in [1.807, 2.05) is 41.8 Å². The molecular weight excluding hydrogens is 420 g/mol. The van der Waals surface area contributed by atoms with Crippen LogP contribution in [0, 0.1) is 18.6 Å². The Morgan fingerprint density at radius 3 is 2.45 bits per heavy atom. The Balaban J connectivity index is 1.55. The summed E-state index contributed by atoms with van der Waals surface area (Å²) in [6.07, 6.45) is 3.48. The number of imidazole rings is 1. The summed E-state index contributed by atoms with van der Waals surface area (Å²) in [7, 11) is 0. The highest BCUT2D eigenvalue weighted by Crippen LogP contribution is 2.30. The number of aromatic nitrogens is 2. The Labute approximate surface area is 189 Å². The molecule has 5 aromatic rings. The Bertz CT molecular complexity index is 1490. The van der Waals surface area contributed by atoms with Gasteiger partial charge in [0.05, 0.1) is 11.9 Å². The zero-order valence-corrected chi connectivity index (χ0v) is 17.7. The minimum Gasteiger partial charge on any atom is -0.322 e. The van der Waals surface area contributed by atoms with Crippen LogP contribution in [0.3, 0.4) is 0 Å². The maximum atomic E-state index is 14.4. The van der Waals surface area contributed by atoms with Gasteiger partial charge in [-0.3, -0.25) is 9.20 Å². The number of halogens is 2. The molecule has 0 unspecified atom stereocenters. The van der Waals surface area contributed by atoms with E-state index in [0.29, 0.717) is 28.2 Å². The zero-order valence-electron chi connectivity index (χ0n) is 17.7. The fraction of sp³-hybridized carbons (Fsp3) is 0.0370. The molecule has 6 heteroatoms. The summed E-state index contributed by atoms with van der Waals surface area (Å²) in [6.45, 7) is 1.86. The largest absolute Gasteiger partial charge is 0.322 e. The zero-order chi connectivity index (χ0) is 22.9. The number of benzene rings is 3. The summed E-state index contributed by atoms with van der Waals surface area (Å²) in [6, 6.07) is 21.6. The highest BCUT2D eigenvalue weighted by atomic mass is 19.1. The summed E-state index contributed by atoms with van der Waals surface area (Å²) in [5.41, 5.74) is 5.20. The lowest BCUT2D eigenvalue weighted by Gasteiger charge is -2.11. The van der Waals surface area contributed by atoms with Crippen LogP contribution in [0.4, 0.5) is 14.5 Å². The predicted octanol–water partition coefficient (Wildman–Crippen LogP) is 6.51. The first-order chi connectivity index (χ1) is 16.0. The van der Waals surface area contributed by atoms with Crippen molar-refractivity contribution in [2.45, 2.75) is 6.92 Å². The van der Waals surface area contributed by atoms with Gasteiger partial charge in [0.15, 0.2) is 0 Å². The fourth-order valence-corrected chi connectivity index (χ4v) is 3.87. The van der Waals surface area contributed by atoms with E-state index in [9.17, 15) is 13.6 Å². The predicted molar refractivity (Wildman–Crippen MR) is 125 cm³/mol. The van der Waals surface area contributed by atoms with E-state index < -0.39 is 0 Å². The van der Waals surface area contributed by atoms with Gasteiger partial charge in [-0.1, -0.05) is 24.3 Å². The summed E-state index contributed by atoms with van der Waals surface area (Å²) in [4.78, 5) is 17.5. The second-order valence-corrected chi connectivity index (χ2v) is 7.73. The number of rotatable bonds is 4. The Morgan fingerprint density at radius 2 is 1.67 bits per heavy atom. The van der Waals surface area contributed by atoms with Crippen molar-refractivity contribution in [3.8, 4) is 22.4 Å². The van der Waals surface area contributed by atoms with E-state index in [-0.39, 0.29) is 17.5 Å². The number of carbonyl (C=O) groups excluding carboxylic acids is 1. The Morgan fingerprint density at radius 1 is 0.909 bits per heavy atom. The molecule has 4 nitrogen and oxygen atoms in total. The number of aryl methyl sites for hydroxylation is 1. The van der Waals surface area contributed by atoms with Crippen LogP contribution in [0.1, 0.15) is 15.9 Å². The highest BCUT2D eigenvalue weighted by molar-refractivity contribution is 6.06. The smallest absolute Gasteiger partial charge is 0.255 e. The van der Waals surface area contributed by atoms with Gasteiger partial charge in [-0.15, -0.1) is 0 Å². The van der Waals surface area contributed by atoms with Gasteiger partial charge in [0.2, 0.25) is 0 Å². The number of carbonyl (C=O) groups is 1. The average molecular weight is 439 g/mol. The number of anilines is 1. The molecule has 0 saturated carbocycles. The number of pyridine rings is 1. The van der Waals surface area contributed by atoms with Crippen molar-refractivity contribution >= 4 is 17.2 Å². The molecule has 3 aromatic carbocycles. The number of hydrogen-bond donors (Lipinski definition) is 1. The fourth-order valence-electron chi connectivity index (χ4n) is 3.87. The summed E-state index contributed by atoms with van der Waals surface area (Å²) in [5, 5.41) is 2.81. The minimum absolute atomic E-state index is 0.289. The van der Waals surface area contributed by atoms with Crippen molar-refractivity contribution in [3.05, 3.63) is 114 Å². The summed E-state index contributed by atoms with van der Waals surface area (Å²) in [5.74, 6) is -0.975. The van der Waals surface area contributed by atoms with Crippen LogP contribution in [-0.4, -0.2) is 15.3 Å². The average Bonchev–Trinajstić information content (AvgIpc) is 3.25. The van der Waals surface area contributed by atoms with E-state index >= 15 is 0 Å². The number of hydrogen-bond acceptors (Lipinski definition) is 2. The van der Waals surface area contributed by atoms with Crippen LogP contribution in [0.5, 0.6) is 0 Å². The number of amides is 1. The molecule has 0 aliphatic heterocycles. The molecule has 0 radical (unpaired) electrons. The quantitative estimate of drug-likeness (QED) is 0.347. The third-order valence-corrected chi connectivity index (χ3v) is 5.58. The summed E-state index contributed by atoms with van der Waals surface area (Å²) >= 11 is 0. The van der Waals surface area contributed by atoms with Crippen molar-refractivity contribution in [2.75, 3.05) is 5.32 Å². The van der Waals surface area contributed by atoms with Crippen LogP contribution < -0.4 is 5.32 Å². The van der Waals surface area contributed by atoms with E-state index in [1.165, 1.54) is 30.3 Å². The van der Waals surface area contributed by atoms with Gasteiger partial charge in [-0.2, -0.15) is 0 Å². The molecule has 5 rings (SSSR count).